The van der Waals surface area contributed by atoms with Crippen molar-refractivity contribution in [1.29, 1.82) is 0 Å². The lowest BCUT2D eigenvalue weighted by Gasteiger charge is -2.25. The molecule has 0 aliphatic carbocycles. The van der Waals surface area contributed by atoms with E-state index in [1.165, 1.54) is 0 Å². The highest BCUT2D eigenvalue weighted by atomic mass is 79.9. The summed E-state index contributed by atoms with van der Waals surface area (Å²) in [5.74, 6) is -4.25. The van der Waals surface area contributed by atoms with Gasteiger partial charge in [0.15, 0.2) is 17.5 Å². The first kappa shape index (κ1) is 20.3. The predicted molar refractivity (Wildman–Crippen MR) is 96.6 cm³/mol. The Labute approximate surface area is 158 Å². The molecule has 4 nitrogen and oxygen atoms in total. The van der Waals surface area contributed by atoms with Gasteiger partial charge in [0.2, 0.25) is 5.91 Å². The largest absolute Gasteiger partial charge is 0.496 e. The van der Waals surface area contributed by atoms with Gasteiger partial charge in [0, 0.05) is 16.6 Å². The molecule has 0 aromatic heterocycles. The minimum absolute atomic E-state index is 0.386. The first-order valence-electron chi connectivity index (χ1n) is 7.71. The normalized spacial score (nSPS) is 12.2. The van der Waals surface area contributed by atoms with Crippen molar-refractivity contribution < 1.29 is 22.7 Å². The summed E-state index contributed by atoms with van der Waals surface area (Å²) in [6.45, 7) is 2.01. The Kier molecular flexibility index (Phi) is 6.66. The summed E-state index contributed by atoms with van der Waals surface area (Å²) in [5, 5.41) is 2.28. The van der Waals surface area contributed by atoms with Crippen LogP contribution < -0.4 is 10.1 Å². The number of hydrogen-bond donors (Lipinski definition) is 1. The summed E-state index contributed by atoms with van der Waals surface area (Å²) in [7, 11) is 3.26. The molecule has 0 fully saturated rings. The number of nitrogens with zero attached hydrogens (tertiary/aromatic N) is 1. The molecule has 8 heteroatoms. The van der Waals surface area contributed by atoms with Gasteiger partial charge in [-0.25, -0.2) is 13.2 Å². The van der Waals surface area contributed by atoms with Gasteiger partial charge in [-0.05, 0) is 44.3 Å². The summed E-state index contributed by atoms with van der Waals surface area (Å²) in [6, 6.07) is 6.59. The second kappa shape index (κ2) is 8.55. The summed E-state index contributed by atoms with van der Waals surface area (Å²) in [5.41, 5.74) is 0.442. The maximum Gasteiger partial charge on any atom is 0.241 e. The van der Waals surface area contributed by atoms with E-state index in [1.807, 2.05) is 12.1 Å². The number of nitrogens with one attached hydrogen (secondary N) is 1. The van der Waals surface area contributed by atoms with Crippen molar-refractivity contribution >= 4 is 27.5 Å². The SMILES string of the molecule is COc1ccc(Br)cc1CN(C)[C@@H](C)C(=O)Nc1ccc(F)c(F)c1F. The van der Waals surface area contributed by atoms with Crippen molar-refractivity contribution in [2.45, 2.75) is 19.5 Å². The third-order valence-corrected chi connectivity index (χ3v) is 4.49. The molecular weight excluding hydrogens is 413 g/mol. The van der Waals surface area contributed by atoms with Crippen LogP contribution in [0, 0.1) is 17.5 Å². The molecule has 1 atom stereocenters. The predicted octanol–water partition coefficient (Wildman–Crippen LogP) is 4.33. The highest BCUT2D eigenvalue weighted by molar-refractivity contribution is 9.10. The third kappa shape index (κ3) is 4.56. The first-order valence-corrected chi connectivity index (χ1v) is 8.51. The molecular formula is C18H18BrF3N2O2. The maximum atomic E-state index is 13.7. The molecule has 0 spiro atoms. The molecule has 2 aromatic rings. The molecule has 0 saturated carbocycles. The molecule has 140 valence electrons. The summed E-state index contributed by atoms with van der Waals surface area (Å²) in [4.78, 5) is 14.1. The Hall–Kier alpha value is -2.06. The van der Waals surface area contributed by atoms with E-state index < -0.39 is 35.1 Å². The third-order valence-electron chi connectivity index (χ3n) is 4.00. The summed E-state index contributed by atoms with van der Waals surface area (Å²) in [6.07, 6.45) is 0. The fourth-order valence-electron chi connectivity index (χ4n) is 2.34. The van der Waals surface area contributed by atoms with Crippen molar-refractivity contribution in [3.05, 3.63) is 57.8 Å². The van der Waals surface area contributed by atoms with Gasteiger partial charge in [-0.2, -0.15) is 0 Å². The summed E-state index contributed by atoms with van der Waals surface area (Å²) < 4.78 is 46.1. The van der Waals surface area contributed by atoms with Crippen molar-refractivity contribution in [1.82, 2.24) is 4.90 Å². The smallest absolute Gasteiger partial charge is 0.241 e. The van der Waals surface area contributed by atoms with Gasteiger partial charge < -0.3 is 10.1 Å². The van der Waals surface area contributed by atoms with Crippen LogP contribution in [0.3, 0.4) is 0 Å². The van der Waals surface area contributed by atoms with Crippen molar-refractivity contribution in [3.8, 4) is 5.75 Å². The quantitative estimate of drug-likeness (QED) is 0.693. The zero-order valence-corrected chi connectivity index (χ0v) is 16.0. The van der Waals surface area contributed by atoms with Gasteiger partial charge in [0.25, 0.3) is 0 Å². The van der Waals surface area contributed by atoms with Crippen LogP contribution in [0.1, 0.15) is 12.5 Å². The lowest BCUT2D eigenvalue weighted by molar-refractivity contribution is -0.120. The van der Waals surface area contributed by atoms with E-state index in [9.17, 15) is 18.0 Å². The number of ether oxygens (including phenoxy) is 1. The van der Waals surface area contributed by atoms with Crippen molar-refractivity contribution in [2.75, 3.05) is 19.5 Å². The molecule has 0 bridgehead atoms. The average molecular weight is 431 g/mol. The van der Waals surface area contributed by atoms with Gasteiger partial charge in [-0.3, -0.25) is 9.69 Å². The van der Waals surface area contributed by atoms with Gasteiger partial charge in [-0.1, -0.05) is 15.9 Å². The van der Waals surface area contributed by atoms with Gasteiger partial charge >= 0.3 is 0 Å². The number of carbonyl (C=O) groups is 1. The van der Waals surface area contributed by atoms with Crippen LogP contribution in [0.25, 0.3) is 0 Å². The highest BCUT2D eigenvalue weighted by Crippen LogP contribution is 2.25. The lowest BCUT2D eigenvalue weighted by Crippen LogP contribution is -2.39. The average Bonchev–Trinajstić information content (AvgIpc) is 2.61. The fourth-order valence-corrected chi connectivity index (χ4v) is 2.74. The molecule has 0 aliphatic rings. The van der Waals surface area contributed by atoms with Crippen LogP contribution in [0.5, 0.6) is 5.75 Å². The Morgan fingerprint density at radius 3 is 2.58 bits per heavy atom. The van der Waals surface area contributed by atoms with Gasteiger partial charge in [0.05, 0.1) is 18.8 Å². The molecule has 0 heterocycles. The van der Waals surface area contributed by atoms with E-state index in [-0.39, 0.29) is 0 Å². The second-order valence-electron chi connectivity index (χ2n) is 5.76. The molecule has 2 aromatic carbocycles. The van der Waals surface area contributed by atoms with Crippen molar-refractivity contribution in [2.24, 2.45) is 0 Å². The van der Waals surface area contributed by atoms with E-state index in [4.69, 9.17) is 4.74 Å². The number of hydrogen-bond acceptors (Lipinski definition) is 3. The molecule has 26 heavy (non-hydrogen) atoms. The highest BCUT2D eigenvalue weighted by Gasteiger charge is 2.22. The van der Waals surface area contributed by atoms with Crippen molar-refractivity contribution in [3.63, 3.8) is 0 Å². The first-order chi connectivity index (χ1) is 12.2. The minimum Gasteiger partial charge on any atom is -0.496 e. The van der Waals surface area contributed by atoms with E-state index in [1.54, 1.807) is 32.0 Å². The number of halogens is 4. The molecule has 2 rings (SSSR count). The van der Waals surface area contributed by atoms with E-state index in [0.717, 1.165) is 22.2 Å². The van der Waals surface area contributed by atoms with E-state index in [2.05, 4.69) is 21.2 Å². The van der Waals surface area contributed by atoms with Gasteiger partial charge in [-0.15, -0.1) is 0 Å². The van der Waals surface area contributed by atoms with Crippen LogP contribution in [0.15, 0.2) is 34.8 Å². The van der Waals surface area contributed by atoms with E-state index in [0.29, 0.717) is 12.3 Å². The zero-order valence-electron chi connectivity index (χ0n) is 14.4. The molecule has 0 unspecified atom stereocenters. The van der Waals surface area contributed by atoms with Gasteiger partial charge in [0.1, 0.15) is 5.75 Å². The topological polar surface area (TPSA) is 41.6 Å². The number of rotatable bonds is 6. The van der Waals surface area contributed by atoms with E-state index >= 15 is 0 Å². The molecule has 1 N–H and O–H groups in total. The fraction of sp³-hybridized carbons (Fsp3) is 0.278. The second-order valence-corrected chi connectivity index (χ2v) is 6.68. The van der Waals surface area contributed by atoms with Crippen LogP contribution in [-0.2, 0) is 11.3 Å². The number of benzene rings is 2. The molecule has 0 aliphatic heterocycles. The van der Waals surface area contributed by atoms with Crippen LogP contribution in [0.2, 0.25) is 0 Å². The molecule has 1 amide bonds. The monoisotopic (exact) mass is 430 g/mol. The molecule has 0 saturated heterocycles. The van der Waals surface area contributed by atoms with Crippen LogP contribution in [-0.4, -0.2) is 31.0 Å². The Bertz CT molecular complexity index is 817. The standard InChI is InChI=1S/C18H18BrF3N2O2/c1-10(18(25)23-14-6-5-13(20)16(21)17(14)22)24(2)9-11-8-12(19)4-7-15(11)26-3/h4-8,10H,9H2,1-3H3,(H,23,25)/t10-/m0/s1. The van der Waals surface area contributed by atoms with Crippen LogP contribution >= 0.6 is 15.9 Å². The Balaban J connectivity index is 2.11. The Morgan fingerprint density at radius 2 is 1.92 bits per heavy atom. The van der Waals surface area contributed by atoms with Crippen LogP contribution in [0.4, 0.5) is 18.9 Å². The number of carbonyl (C=O) groups excluding carboxylic acids is 1. The number of methoxy groups -OCH3 is 1. The summed E-state index contributed by atoms with van der Waals surface area (Å²) >= 11 is 3.39. The zero-order chi connectivity index (χ0) is 19.4. The number of likely N-dealkylation sites (N-methyl/N-ethyl adjacent to an activating group) is 1. The molecule has 0 radical (unpaired) electrons. The lowest BCUT2D eigenvalue weighted by atomic mass is 10.1. The Morgan fingerprint density at radius 1 is 1.23 bits per heavy atom. The minimum atomic E-state index is -1.62. The maximum absolute atomic E-state index is 13.7. The number of anilines is 1. The number of amides is 1.